The zero-order valence-corrected chi connectivity index (χ0v) is 12.6. The van der Waals surface area contributed by atoms with Crippen LogP contribution in [0.2, 0.25) is 5.02 Å². The van der Waals surface area contributed by atoms with Gasteiger partial charge < -0.3 is 5.32 Å². The third kappa shape index (κ3) is 3.87. The van der Waals surface area contributed by atoms with Gasteiger partial charge in [-0.3, -0.25) is 4.79 Å². The van der Waals surface area contributed by atoms with Crippen molar-refractivity contribution in [3.63, 3.8) is 0 Å². The van der Waals surface area contributed by atoms with Gasteiger partial charge in [0.15, 0.2) is 0 Å². The lowest BCUT2D eigenvalue weighted by Crippen LogP contribution is -2.31. The highest BCUT2D eigenvalue weighted by Crippen LogP contribution is 2.27. The molecule has 4 heteroatoms. The lowest BCUT2D eigenvalue weighted by Gasteiger charge is -2.25. The molecule has 0 unspecified atom stereocenters. The smallest absolute Gasteiger partial charge is 0.251 e. The van der Waals surface area contributed by atoms with E-state index in [1.165, 1.54) is 0 Å². The number of nitrogens with one attached hydrogen (secondary N) is 1. The summed E-state index contributed by atoms with van der Waals surface area (Å²) in [6.45, 7) is 2.60. The van der Waals surface area contributed by atoms with E-state index in [0.29, 0.717) is 21.9 Å². The molecule has 0 saturated heterocycles. The molecule has 0 bridgehead atoms. The van der Waals surface area contributed by atoms with Crippen molar-refractivity contribution in [2.75, 3.05) is 6.54 Å². The molecule has 0 spiro atoms. The van der Waals surface area contributed by atoms with Gasteiger partial charge in [0.2, 0.25) is 0 Å². The van der Waals surface area contributed by atoms with Gasteiger partial charge in [-0.1, -0.05) is 17.7 Å². The number of hydrogen-bond acceptors (Lipinski definition) is 1. The van der Waals surface area contributed by atoms with Crippen LogP contribution in [-0.4, -0.2) is 17.8 Å². The van der Waals surface area contributed by atoms with Crippen LogP contribution in [0.1, 0.15) is 41.6 Å². The number of amides is 1. The van der Waals surface area contributed by atoms with Crippen LogP contribution >= 0.6 is 23.2 Å². The van der Waals surface area contributed by atoms with Gasteiger partial charge in [-0.15, -0.1) is 11.6 Å². The molecule has 1 aromatic carbocycles. The van der Waals surface area contributed by atoms with E-state index in [0.717, 1.165) is 37.8 Å². The molecule has 0 heterocycles. The van der Waals surface area contributed by atoms with Gasteiger partial charge in [0, 0.05) is 22.5 Å². The minimum Gasteiger partial charge on any atom is -0.352 e. The summed E-state index contributed by atoms with van der Waals surface area (Å²) in [4.78, 5) is 12.1. The van der Waals surface area contributed by atoms with Crippen LogP contribution in [0, 0.1) is 12.8 Å². The largest absolute Gasteiger partial charge is 0.352 e. The van der Waals surface area contributed by atoms with Gasteiger partial charge in [0.1, 0.15) is 0 Å². The van der Waals surface area contributed by atoms with Gasteiger partial charge in [0.25, 0.3) is 5.91 Å². The molecular formula is C15H19Cl2NO. The Bertz CT molecular complexity index is 453. The van der Waals surface area contributed by atoms with Crippen LogP contribution in [0.25, 0.3) is 0 Å². The van der Waals surface area contributed by atoms with Gasteiger partial charge in [-0.2, -0.15) is 0 Å². The highest BCUT2D eigenvalue weighted by atomic mass is 35.5. The van der Waals surface area contributed by atoms with E-state index in [-0.39, 0.29) is 5.91 Å². The molecule has 104 valence electrons. The van der Waals surface area contributed by atoms with Crippen LogP contribution in [-0.2, 0) is 0 Å². The van der Waals surface area contributed by atoms with Crippen LogP contribution in [0.5, 0.6) is 0 Å². The average molecular weight is 300 g/mol. The summed E-state index contributed by atoms with van der Waals surface area (Å²) in [6.07, 6.45) is 4.31. The lowest BCUT2D eigenvalue weighted by atomic mass is 9.89. The second-order valence-electron chi connectivity index (χ2n) is 5.24. The van der Waals surface area contributed by atoms with Crippen molar-refractivity contribution >= 4 is 29.1 Å². The van der Waals surface area contributed by atoms with Gasteiger partial charge in [0.05, 0.1) is 0 Å². The van der Waals surface area contributed by atoms with E-state index in [4.69, 9.17) is 23.2 Å². The number of halogens is 2. The van der Waals surface area contributed by atoms with Crippen LogP contribution < -0.4 is 5.32 Å². The topological polar surface area (TPSA) is 29.1 Å². The SMILES string of the molecule is Cc1c(Cl)cccc1C(=O)NCC1CCC(Cl)CC1. The van der Waals surface area contributed by atoms with E-state index in [1.54, 1.807) is 6.07 Å². The molecule has 1 amide bonds. The van der Waals surface area contributed by atoms with E-state index in [1.807, 2.05) is 19.1 Å². The molecule has 19 heavy (non-hydrogen) atoms. The summed E-state index contributed by atoms with van der Waals surface area (Å²) >= 11 is 12.1. The quantitative estimate of drug-likeness (QED) is 0.834. The maximum Gasteiger partial charge on any atom is 0.251 e. The summed E-state index contributed by atoms with van der Waals surface area (Å²) in [5, 5.41) is 3.97. The number of alkyl halides is 1. The highest BCUT2D eigenvalue weighted by Gasteiger charge is 2.20. The molecule has 0 radical (unpaired) electrons. The van der Waals surface area contributed by atoms with Crippen molar-refractivity contribution < 1.29 is 4.79 Å². The third-order valence-corrected chi connectivity index (χ3v) is 4.69. The molecule has 1 aliphatic carbocycles. The molecule has 1 N–H and O–H groups in total. The van der Waals surface area contributed by atoms with Gasteiger partial charge >= 0.3 is 0 Å². The van der Waals surface area contributed by atoms with Crippen molar-refractivity contribution in [1.29, 1.82) is 0 Å². The predicted molar refractivity (Wildman–Crippen MR) is 80.1 cm³/mol. The van der Waals surface area contributed by atoms with Crippen molar-refractivity contribution in [3.8, 4) is 0 Å². The van der Waals surface area contributed by atoms with E-state index in [2.05, 4.69) is 5.32 Å². The third-order valence-electron chi connectivity index (χ3n) is 3.84. The average Bonchev–Trinajstić information content (AvgIpc) is 2.41. The Labute approximate surface area is 124 Å². The number of hydrogen-bond donors (Lipinski definition) is 1. The van der Waals surface area contributed by atoms with Crippen LogP contribution in [0.3, 0.4) is 0 Å². The highest BCUT2D eigenvalue weighted by molar-refractivity contribution is 6.31. The Morgan fingerprint density at radius 1 is 1.32 bits per heavy atom. The summed E-state index contributed by atoms with van der Waals surface area (Å²) < 4.78 is 0. The summed E-state index contributed by atoms with van der Waals surface area (Å²) in [5.74, 6) is 0.520. The van der Waals surface area contributed by atoms with Crippen LogP contribution in [0.15, 0.2) is 18.2 Å². The minimum absolute atomic E-state index is 0.0343. The van der Waals surface area contributed by atoms with E-state index in [9.17, 15) is 4.79 Å². The van der Waals surface area contributed by atoms with Gasteiger partial charge in [-0.05, 0) is 56.2 Å². The van der Waals surface area contributed by atoms with Crippen molar-refractivity contribution in [1.82, 2.24) is 5.32 Å². The Morgan fingerprint density at radius 3 is 2.68 bits per heavy atom. The first kappa shape index (κ1) is 14.7. The fraction of sp³-hybridized carbons (Fsp3) is 0.533. The molecule has 1 aliphatic rings. The Hall–Kier alpha value is -0.730. The maximum atomic E-state index is 12.1. The maximum absolute atomic E-state index is 12.1. The molecule has 0 atom stereocenters. The number of benzene rings is 1. The van der Waals surface area contributed by atoms with E-state index < -0.39 is 0 Å². The molecule has 0 aliphatic heterocycles. The minimum atomic E-state index is -0.0343. The Kier molecular flexibility index (Phi) is 5.12. The molecule has 2 nitrogen and oxygen atoms in total. The Morgan fingerprint density at radius 2 is 2.00 bits per heavy atom. The monoisotopic (exact) mass is 299 g/mol. The zero-order chi connectivity index (χ0) is 13.8. The molecule has 1 fully saturated rings. The zero-order valence-electron chi connectivity index (χ0n) is 11.1. The standard InChI is InChI=1S/C15H19Cl2NO/c1-10-13(3-2-4-14(10)17)15(19)18-9-11-5-7-12(16)8-6-11/h2-4,11-12H,5-9H2,1H3,(H,18,19). The molecule has 1 aromatic rings. The van der Waals surface area contributed by atoms with E-state index >= 15 is 0 Å². The van der Waals surface area contributed by atoms with Crippen molar-refractivity contribution in [3.05, 3.63) is 34.3 Å². The number of rotatable bonds is 3. The predicted octanol–water partition coefficient (Wildman–Crippen LogP) is 4.18. The molecule has 2 rings (SSSR count). The first-order chi connectivity index (χ1) is 9.08. The molecule has 1 saturated carbocycles. The Balaban J connectivity index is 1.89. The fourth-order valence-corrected chi connectivity index (χ4v) is 2.94. The summed E-state index contributed by atoms with van der Waals surface area (Å²) in [5.41, 5.74) is 1.50. The molecule has 0 aromatic heterocycles. The van der Waals surface area contributed by atoms with Gasteiger partial charge in [-0.25, -0.2) is 0 Å². The molecular weight excluding hydrogens is 281 g/mol. The lowest BCUT2D eigenvalue weighted by molar-refractivity contribution is 0.0943. The summed E-state index contributed by atoms with van der Waals surface area (Å²) in [7, 11) is 0. The van der Waals surface area contributed by atoms with Crippen molar-refractivity contribution in [2.45, 2.75) is 38.0 Å². The van der Waals surface area contributed by atoms with Crippen LogP contribution in [0.4, 0.5) is 0 Å². The number of carbonyl (C=O) groups is 1. The van der Waals surface area contributed by atoms with Crippen molar-refractivity contribution in [2.24, 2.45) is 5.92 Å². The second kappa shape index (κ2) is 6.62. The number of carbonyl (C=O) groups excluding carboxylic acids is 1. The first-order valence-corrected chi connectivity index (χ1v) is 7.56. The first-order valence-electron chi connectivity index (χ1n) is 6.75. The summed E-state index contributed by atoms with van der Waals surface area (Å²) in [6, 6.07) is 5.42. The normalized spacial score (nSPS) is 23.1. The fourth-order valence-electron chi connectivity index (χ4n) is 2.51. The second-order valence-corrected chi connectivity index (χ2v) is 6.26.